The lowest BCUT2D eigenvalue weighted by Crippen LogP contribution is -2.46. The highest BCUT2D eigenvalue weighted by molar-refractivity contribution is 5.91. The maximum Gasteiger partial charge on any atom is 0.321 e. The molecule has 1 aromatic carbocycles. The number of carboxylic acids is 1. The number of benzene rings is 1. The van der Waals surface area contributed by atoms with E-state index in [0.29, 0.717) is 18.5 Å². The maximum atomic E-state index is 12.9. The highest BCUT2D eigenvalue weighted by Gasteiger charge is 2.35. The molecule has 0 saturated heterocycles. The molecule has 2 N–H and O–H groups in total. The molecule has 0 aliphatic rings. The second kappa shape index (κ2) is 7.06. The van der Waals surface area contributed by atoms with Crippen LogP contribution in [0.2, 0.25) is 0 Å². The Morgan fingerprint density at radius 2 is 1.76 bits per heavy atom. The van der Waals surface area contributed by atoms with E-state index in [1.165, 1.54) is 29.2 Å². The van der Waals surface area contributed by atoms with Crippen LogP contribution in [0.4, 0.5) is 14.9 Å². The zero-order chi connectivity index (χ0) is 16.0. The predicted molar refractivity (Wildman–Crippen MR) is 78.9 cm³/mol. The van der Waals surface area contributed by atoms with Crippen molar-refractivity contribution in [2.45, 2.75) is 26.7 Å². The first-order valence-electron chi connectivity index (χ1n) is 6.87. The van der Waals surface area contributed by atoms with Crippen molar-refractivity contribution in [3.63, 3.8) is 0 Å². The molecule has 0 saturated carbocycles. The molecule has 0 radical (unpaired) electrons. The molecule has 0 heterocycles. The van der Waals surface area contributed by atoms with E-state index < -0.39 is 17.4 Å². The van der Waals surface area contributed by atoms with Gasteiger partial charge in [-0.05, 0) is 37.1 Å². The average molecular weight is 296 g/mol. The van der Waals surface area contributed by atoms with Gasteiger partial charge in [-0.3, -0.25) is 9.69 Å². The monoisotopic (exact) mass is 296 g/mol. The minimum Gasteiger partial charge on any atom is -0.481 e. The van der Waals surface area contributed by atoms with Gasteiger partial charge in [0.05, 0.1) is 5.41 Å². The van der Waals surface area contributed by atoms with Crippen LogP contribution < -0.4 is 10.2 Å². The molecule has 0 bridgehead atoms. The summed E-state index contributed by atoms with van der Waals surface area (Å²) in [6.07, 6.45) is 0.860. The van der Waals surface area contributed by atoms with Crippen LogP contribution in [0, 0.1) is 11.2 Å². The Labute approximate surface area is 123 Å². The molecule has 0 aliphatic heterocycles. The van der Waals surface area contributed by atoms with Gasteiger partial charge in [-0.25, -0.2) is 9.18 Å². The molecule has 0 atom stereocenters. The smallest absolute Gasteiger partial charge is 0.321 e. The fourth-order valence-electron chi connectivity index (χ4n) is 2.02. The molecule has 2 amide bonds. The van der Waals surface area contributed by atoms with Crippen molar-refractivity contribution in [2.75, 3.05) is 18.5 Å². The Kier molecular flexibility index (Phi) is 5.69. The summed E-state index contributed by atoms with van der Waals surface area (Å²) in [5.41, 5.74) is -0.429. The Morgan fingerprint density at radius 3 is 2.19 bits per heavy atom. The van der Waals surface area contributed by atoms with E-state index in [4.69, 9.17) is 0 Å². The number of hydrogen-bond donors (Lipinski definition) is 2. The zero-order valence-electron chi connectivity index (χ0n) is 12.5. The summed E-state index contributed by atoms with van der Waals surface area (Å²) >= 11 is 0. The number of hydrogen-bond acceptors (Lipinski definition) is 2. The number of urea groups is 1. The number of aliphatic carboxylic acids is 1. The van der Waals surface area contributed by atoms with Crippen molar-refractivity contribution in [1.82, 2.24) is 5.32 Å². The second-order valence-corrected chi connectivity index (χ2v) is 4.99. The quantitative estimate of drug-likeness (QED) is 0.848. The molecule has 0 unspecified atom stereocenters. The third-order valence-corrected chi connectivity index (χ3v) is 3.90. The number of carbonyl (C=O) groups is 2. The first-order chi connectivity index (χ1) is 9.86. The van der Waals surface area contributed by atoms with Gasteiger partial charge < -0.3 is 10.4 Å². The van der Waals surface area contributed by atoms with Crippen molar-refractivity contribution in [1.29, 1.82) is 0 Å². The Hall–Kier alpha value is -2.11. The van der Waals surface area contributed by atoms with E-state index in [0.717, 1.165) is 0 Å². The molecule has 1 rings (SSSR count). The molecule has 0 aromatic heterocycles. The van der Waals surface area contributed by atoms with Crippen molar-refractivity contribution in [3.05, 3.63) is 30.1 Å². The molecular weight excluding hydrogens is 275 g/mol. The van der Waals surface area contributed by atoms with Crippen LogP contribution in [0.25, 0.3) is 0 Å². The normalized spacial score (nSPS) is 11.0. The van der Waals surface area contributed by atoms with Gasteiger partial charge >= 0.3 is 12.0 Å². The van der Waals surface area contributed by atoms with E-state index in [9.17, 15) is 19.1 Å². The number of amides is 2. The van der Waals surface area contributed by atoms with Crippen LogP contribution in [0.3, 0.4) is 0 Å². The second-order valence-electron chi connectivity index (χ2n) is 4.99. The van der Waals surface area contributed by atoms with E-state index in [-0.39, 0.29) is 12.4 Å². The standard InChI is InChI=1S/C15H21FN2O3/c1-4-15(5-2,13(19)20)10-17-14(21)18(3)12-8-6-11(16)7-9-12/h6-9H,4-5,10H2,1-3H3,(H,17,21)(H,19,20). The van der Waals surface area contributed by atoms with Gasteiger partial charge in [0.2, 0.25) is 0 Å². The molecular formula is C15H21FN2O3. The van der Waals surface area contributed by atoms with Gasteiger partial charge in [-0.2, -0.15) is 0 Å². The molecule has 0 aliphatic carbocycles. The van der Waals surface area contributed by atoms with E-state index in [1.807, 2.05) is 0 Å². The fourth-order valence-corrected chi connectivity index (χ4v) is 2.02. The Balaban J connectivity index is 2.72. The van der Waals surface area contributed by atoms with Crippen LogP contribution in [0.15, 0.2) is 24.3 Å². The van der Waals surface area contributed by atoms with Gasteiger partial charge in [0, 0.05) is 19.3 Å². The van der Waals surface area contributed by atoms with Gasteiger partial charge in [0.1, 0.15) is 5.82 Å². The van der Waals surface area contributed by atoms with Crippen LogP contribution in [-0.2, 0) is 4.79 Å². The molecule has 21 heavy (non-hydrogen) atoms. The molecule has 0 spiro atoms. The fraction of sp³-hybridized carbons (Fsp3) is 0.467. The number of rotatable bonds is 6. The highest BCUT2D eigenvalue weighted by atomic mass is 19.1. The lowest BCUT2D eigenvalue weighted by molar-refractivity contribution is -0.149. The molecule has 0 fully saturated rings. The number of carbonyl (C=O) groups excluding carboxylic acids is 1. The summed E-state index contributed by atoms with van der Waals surface area (Å²) in [7, 11) is 1.54. The highest BCUT2D eigenvalue weighted by Crippen LogP contribution is 2.25. The summed E-state index contributed by atoms with van der Waals surface area (Å²) in [5, 5.41) is 11.9. The Bertz CT molecular complexity index is 498. The van der Waals surface area contributed by atoms with E-state index in [2.05, 4.69) is 5.32 Å². The summed E-state index contributed by atoms with van der Waals surface area (Å²) < 4.78 is 12.9. The molecule has 6 heteroatoms. The molecule has 1 aromatic rings. The first kappa shape index (κ1) is 16.9. The topological polar surface area (TPSA) is 69.6 Å². The van der Waals surface area contributed by atoms with Crippen molar-refractivity contribution < 1.29 is 19.1 Å². The lowest BCUT2D eigenvalue weighted by Gasteiger charge is -2.28. The van der Waals surface area contributed by atoms with E-state index >= 15 is 0 Å². The summed E-state index contributed by atoms with van der Waals surface area (Å²) in [5.74, 6) is -1.30. The minimum atomic E-state index is -0.959. The number of halogens is 1. The van der Waals surface area contributed by atoms with Crippen molar-refractivity contribution in [3.8, 4) is 0 Å². The van der Waals surface area contributed by atoms with E-state index in [1.54, 1.807) is 20.9 Å². The number of nitrogens with one attached hydrogen (secondary N) is 1. The van der Waals surface area contributed by atoms with Crippen LogP contribution >= 0.6 is 0 Å². The number of carboxylic acid groups (broad SMARTS) is 1. The average Bonchev–Trinajstić information content (AvgIpc) is 2.48. The maximum absolute atomic E-state index is 12.9. The van der Waals surface area contributed by atoms with Crippen molar-refractivity contribution >= 4 is 17.7 Å². The van der Waals surface area contributed by atoms with Gasteiger partial charge in [0.15, 0.2) is 0 Å². The molecule has 116 valence electrons. The van der Waals surface area contributed by atoms with Crippen LogP contribution in [0.1, 0.15) is 26.7 Å². The zero-order valence-corrected chi connectivity index (χ0v) is 12.5. The third kappa shape index (κ3) is 3.93. The predicted octanol–water partition coefficient (Wildman–Crippen LogP) is 2.86. The summed E-state index contributed by atoms with van der Waals surface area (Å²) in [4.78, 5) is 24.7. The number of nitrogens with zero attached hydrogens (tertiary/aromatic N) is 1. The Morgan fingerprint density at radius 1 is 1.24 bits per heavy atom. The van der Waals surface area contributed by atoms with Crippen LogP contribution in [-0.4, -0.2) is 30.7 Å². The number of anilines is 1. The minimum absolute atomic E-state index is 0.0553. The van der Waals surface area contributed by atoms with Crippen molar-refractivity contribution in [2.24, 2.45) is 5.41 Å². The van der Waals surface area contributed by atoms with Crippen LogP contribution in [0.5, 0.6) is 0 Å². The first-order valence-corrected chi connectivity index (χ1v) is 6.87. The third-order valence-electron chi connectivity index (χ3n) is 3.90. The van der Waals surface area contributed by atoms with Gasteiger partial charge in [-0.15, -0.1) is 0 Å². The summed E-state index contributed by atoms with van der Waals surface area (Å²) in [6.45, 7) is 3.63. The SMILES string of the molecule is CCC(CC)(CNC(=O)N(C)c1ccc(F)cc1)C(=O)O. The largest absolute Gasteiger partial charge is 0.481 e. The van der Waals surface area contributed by atoms with Gasteiger partial charge in [-0.1, -0.05) is 13.8 Å². The molecule has 5 nitrogen and oxygen atoms in total. The van der Waals surface area contributed by atoms with Gasteiger partial charge in [0.25, 0.3) is 0 Å². The lowest BCUT2D eigenvalue weighted by atomic mass is 9.82. The summed E-state index contributed by atoms with van der Waals surface area (Å²) in [6, 6.07) is 5.07.